The van der Waals surface area contributed by atoms with Crippen LogP contribution < -0.4 is 4.90 Å². The van der Waals surface area contributed by atoms with E-state index < -0.39 is 40.9 Å². The van der Waals surface area contributed by atoms with Gasteiger partial charge in [-0.3, -0.25) is 0 Å². The summed E-state index contributed by atoms with van der Waals surface area (Å²) < 4.78 is 119. The fraction of sp³-hybridized carbons (Fsp3) is 0.308. The highest BCUT2D eigenvalue weighted by molar-refractivity contribution is 8.02. The van der Waals surface area contributed by atoms with Gasteiger partial charge in [0.15, 0.2) is 9.80 Å². The van der Waals surface area contributed by atoms with Gasteiger partial charge in [0.05, 0.1) is 4.91 Å². The molecule has 1 N–H and O–H groups in total. The first-order valence-corrected chi connectivity index (χ1v) is 9.53. The lowest BCUT2D eigenvalue weighted by Gasteiger charge is -2.13. The quantitative estimate of drug-likeness (QED) is 0.456. The van der Waals surface area contributed by atoms with E-state index >= 15 is 0 Å². The van der Waals surface area contributed by atoms with Gasteiger partial charge in [-0.1, -0.05) is 12.1 Å². The molecule has 1 aromatic rings. The van der Waals surface area contributed by atoms with Gasteiger partial charge in [-0.15, -0.1) is 0 Å². The summed E-state index contributed by atoms with van der Waals surface area (Å²) in [6.45, 7) is 0. The first-order chi connectivity index (χ1) is 11.5. The summed E-state index contributed by atoms with van der Waals surface area (Å²) in [6, 6.07) is 5.01. The molecule has 1 aromatic carbocycles. The average molecular weight is 425 g/mol. The first-order valence-electron chi connectivity index (χ1n) is 6.47. The van der Waals surface area contributed by atoms with Crippen molar-refractivity contribution in [3.8, 4) is 0 Å². The van der Waals surface area contributed by atoms with E-state index in [4.69, 9.17) is 4.55 Å². The van der Waals surface area contributed by atoms with Gasteiger partial charge >= 0.3 is 11.0 Å². The van der Waals surface area contributed by atoms with E-state index in [1.54, 1.807) is 19.0 Å². The highest BCUT2D eigenvalue weighted by Gasteiger charge is 2.49. The van der Waals surface area contributed by atoms with Crippen LogP contribution in [0.3, 0.4) is 0 Å². The van der Waals surface area contributed by atoms with E-state index in [1.165, 1.54) is 12.1 Å². The largest absolute Gasteiger partial charge is 0.501 e. The number of benzene rings is 1. The lowest BCUT2D eigenvalue weighted by atomic mass is 10.2. The van der Waals surface area contributed by atoms with Gasteiger partial charge in [0.1, 0.15) is 0 Å². The maximum atomic E-state index is 12.7. The number of nitrogens with zero attached hydrogens (tertiary/aromatic N) is 1. The number of anilines is 1. The second kappa shape index (κ2) is 7.12. The minimum absolute atomic E-state index is 0.216. The van der Waals surface area contributed by atoms with Gasteiger partial charge in [0.25, 0.3) is 9.84 Å². The van der Waals surface area contributed by atoms with Crippen LogP contribution in [-0.2, 0) is 19.6 Å². The Bertz CT molecular complexity index is 905. The third-order valence-corrected chi connectivity index (χ3v) is 5.79. The van der Waals surface area contributed by atoms with Crippen LogP contribution in [0.4, 0.5) is 32.0 Å². The van der Waals surface area contributed by atoms with Crippen LogP contribution >= 0.6 is 0 Å². The molecule has 13 heteroatoms. The van der Waals surface area contributed by atoms with Crippen LogP contribution in [-0.4, -0.2) is 47.7 Å². The zero-order valence-electron chi connectivity index (χ0n) is 13.2. The Hall–Kier alpha value is -1.73. The Balaban J connectivity index is 3.67. The average Bonchev–Trinajstić information content (AvgIpc) is 2.44. The summed E-state index contributed by atoms with van der Waals surface area (Å²) in [5, 5.41) is -0.838. The maximum Gasteiger partial charge on any atom is 0.501 e. The molecule has 5 nitrogen and oxygen atoms in total. The summed E-state index contributed by atoms with van der Waals surface area (Å²) in [5.74, 6) is 0. The van der Waals surface area contributed by atoms with Crippen LogP contribution in [0.2, 0.25) is 0 Å². The Kier molecular flexibility index (Phi) is 6.11. The molecule has 0 heterocycles. The van der Waals surface area contributed by atoms with Gasteiger partial charge < -0.3 is 9.45 Å². The van der Waals surface area contributed by atoms with Gasteiger partial charge in [-0.05, 0) is 23.8 Å². The molecule has 1 atom stereocenters. The van der Waals surface area contributed by atoms with Crippen molar-refractivity contribution in [2.45, 2.75) is 11.0 Å². The number of rotatable bonds is 4. The molecule has 0 aromatic heterocycles. The number of sulfone groups is 1. The Morgan fingerprint density at radius 3 is 1.77 bits per heavy atom. The van der Waals surface area contributed by atoms with E-state index in [-0.39, 0.29) is 11.6 Å². The molecule has 1 unspecified atom stereocenters. The number of alkyl halides is 6. The van der Waals surface area contributed by atoms with Gasteiger partial charge in [0, 0.05) is 25.2 Å². The second-order valence-corrected chi connectivity index (χ2v) is 8.89. The number of halogens is 6. The van der Waals surface area contributed by atoms with Crippen LogP contribution in [0.5, 0.6) is 0 Å². The smallest absolute Gasteiger partial charge is 0.378 e. The molecule has 0 fully saturated rings. The standard InChI is InChI=1S/C13H13F6NO4S2/c1-20(2)10-5-3-9(4-6-10)7-11(26(23,24)13(17,18)19)8-25(21,22)12(14,15)16/h3-8H,1-2H3,(H,21,22)/b11-7-. The van der Waals surface area contributed by atoms with Gasteiger partial charge in [0.2, 0.25) is 0 Å². The number of allylic oxidation sites excluding steroid dienone is 1. The SMILES string of the molecule is CN(C)c1ccc(/C=C(/C=S(=O)(O)C(F)(F)F)S(=O)(=O)C(F)(F)F)cc1. The van der Waals surface area contributed by atoms with Crippen LogP contribution in [0, 0.1) is 0 Å². The van der Waals surface area contributed by atoms with E-state index in [0.717, 1.165) is 12.1 Å². The van der Waals surface area contributed by atoms with E-state index in [1.807, 2.05) is 0 Å². The van der Waals surface area contributed by atoms with Crippen LogP contribution in [0.1, 0.15) is 5.56 Å². The van der Waals surface area contributed by atoms with Crippen molar-refractivity contribution >= 4 is 36.8 Å². The predicted octanol–water partition coefficient (Wildman–Crippen LogP) is 3.11. The first kappa shape index (κ1) is 22.3. The van der Waals surface area contributed by atoms with Crippen molar-refractivity contribution in [3.63, 3.8) is 0 Å². The molecule has 0 bridgehead atoms. The van der Waals surface area contributed by atoms with Gasteiger partial charge in [-0.2, -0.15) is 26.3 Å². The second-order valence-electron chi connectivity index (χ2n) is 5.11. The minimum atomic E-state index is -6.30. The molecule has 148 valence electrons. The summed E-state index contributed by atoms with van der Waals surface area (Å²) >= 11 is 0. The molecule has 0 aliphatic rings. The fourth-order valence-corrected chi connectivity index (χ4v) is 3.54. The van der Waals surface area contributed by atoms with E-state index in [9.17, 15) is 39.0 Å². The minimum Gasteiger partial charge on any atom is -0.378 e. The molecule has 0 aliphatic heterocycles. The number of hydrogen-bond acceptors (Lipinski definition) is 4. The maximum absolute atomic E-state index is 12.7. The molecule has 0 saturated carbocycles. The van der Waals surface area contributed by atoms with Crippen LogP contribution in [0.15, 0.2) is 29.2 Å². The van der Waals surface area contributed by atoms with Crippen LogP contribution in [0.25, 0.3) is 6.08 Å². The molecular weight excluding hydrogens is 412 g/mol. The third kappa shape index (κ3) is 4.92. The summed E-state index contributed by atoms with van der Waals surface area (Å²) in [5.41, 5.74) is -11.4. The van der Waals surface area contributed by atoms with Gasteiger partial charge in [-0.25, -0.2) is 12.6 Å². The molecule has 1 rings (SSSR count). The zero-order chi connectivity index (χ0) is 20.6. The summed E-state index contributed by atoms with van der Waals surface area (Å²) in [6.07, 6.45) is 0.240. The third-order valence-electron chi connectivity index (χ3n) is 2.94. The van der Waals surface area contributed by atoms with Crippen molar-refractivity contribution in [3.05, 3.63) is 34.7 Å². The van der Waals surface area contributed by atoms with Crippen molar-refractivity contribution in [2.75, 3.05) is 19.0 Å². The van der Waals surface area contributed by atoms with E-state index in [2.05, 4.69) is 0 Å². The molecule has 0 spiro atoms. The molecule has 0 amide bonds. The Morgan fingerprint density at radius 1 is 0.962 bits per heavy atom. The Morgan fingerprint density at radius 2 is 1.42 bits per heavy atom. The molecule has 0 saturated heterocycles. The molecule has 0 radical (unpaired) electrons. The summed E-state index contributed by atoms with van der Waals surface area (Å²) in [4.78, 5) is -0.371. The van der Waals surface area contributed by atoms with Crippen molar-refractivity contribution in [2.24, 2.45) is 0 Å². The lowest BCUT2D eigenvalue weighted by molar-refractivity contribution is -0.0459. The fourth-order valence-electron chi connectivity index (χ4n) is 1.57. The highest BCUT2D eigenvalue weighted by Crippen LogP contribution is 2.32. The lowest BCUT2D eigenvalue weighted by Crippen LogP contribution is -2.30. The molecular formula is C13H13F6NO4S2. The van der Waals surface area contributed by atoms with Crippen molar-refractivity contribution < 1.29 is 43.5 Å². The Labute approximate surface area is 145 Å². The van der Waals surface area contributed by atoms with E-state index in [0.29, 0.717) is 5.69 Å². The van der Waals surface area contributed by atoms with Crippen molar-refractivity contribution in [1.82, 2.24) is 0 Å². The zero-order valence-corrected chi connectivity index (χ0v) is 14.8. The normalized spacial score (nSPS) is 16.1. The molecule has 0 aliphatic carbocycles. The summed E-state index contributed by atoms with van der Waals surface area (Å²) in [7, 11) is -9.03. The molecule has 26 heavy (non-hydrogen) atoms. The highest BCUT2D eigenvalue weighted by atomic mass is 32.2. The monoisotopic (exact) mass is 425 g/mol. The van der Waals surface area contributed by atoms with Crippen molar-refractivity contribution in [1.29, 1.82) is 0 Å². The predicted molar refractivity (Wildman–Crippen MR) is 86.6 cm³/mol. The topological polar surface area (TPSA) is 74.7 Å². The number of hydrogen-bond donors (Lipinski definition) is 1.